The molecular weight excluding hydrogens is 220 g/mol. The molecule has 0 aliphatic rings. The molecule has 1 aromatic heterocycles. The number of aromatic nitrogens is 1. The largest absolute Gasteiger partial charge is 0.482 e. The Labute approximate surface area is 100 Å². The predicted octanol–water partition coefficient (Wildman–Crippen LogP) is 1.14. The van der Waals surface area contributed by atoms with Crippen LogP contribution in [0.4, 0.5) is 0 Å². The van der Waals surface area contributed by atoms with E-state index in [4.69, 9.17) is 4.74 Å². The van der Waals surface area contributed by atoms with Crippen LogP contribution in [-0.4, -0.2) is 41.8 Å². The van der Waals surface area contributed by atoms with Gasteiger partial charge < -0.3 is 9.64 Å². The highest BCUT2D eigenvalue weighted by atomic mass is 16.5. The number of ether oxygens (including phenoxy) is 1. The Morgan fingerprint density at radius 2 is 2.12 bits per heavy atom. The van der Waals surface area contributed by atoms with Crippen molar-refractivity contribution in [2.75, 3.05) is 19.7 Å². The van der Waals surface area contributed by atoms with E-state index in [0.29, 0.717) is 30.8 Å². The Balaban J connectivity index is 2.49. The molecular formula is C12H16N2O3. The topological polar surface area (TPSA) is 59.5 Å². The fourth-order valence-electron chi connectivity index (χ4n) is 1.36. The molecule has 0 aliphatic heterocycles. The number of amides is 1. The van der Waals surface area contributed by atoms with Crippen molar-refractivity contribution in [3.05, 3.63) is 24.0 Å². The maximum Gasteiger partial charge on any atom is 0.260 e. The summed E-state index contributed by atoms with van der Waals surface area (Å²) in [6.45, 7) is 5.16. The minimum absolute atomic E-state index is 0.0101. The summed E-state index contributed by atoms with van der Waals surface area (Å²) >= 11 is 0. The number of likely N-dealkylation sites (N-methyl/N-ethyl adjacent to an activating group) is 1. The van der Waals surface area contributed by atoms with Crippen LogP contribution in [0.5, 0.6) is 5.75 Å². The van der Waals surface area contributed by atoms with Gasteiger partial charge in [0.1, 0.15) is 11.4 Å². The van der Waals surface area contributed by atoms with Crippen molar-refractivity contribution >= 4 is 12.2 Å². The van der Waals surface area contributed by atoms with Crippen molar-refractivity contribution in [1.29, 1.82) is 0 Å². The monoisotopic (exact) mass is 236 g/mol. The first-order valence-corrected chi connectivity index (χ1v) is 5.53. The van der Waals surface area contributed by atoms with E-state index in [1.165, 1.54) is 6.20 Å². The van der Waals surface area contributed by atoms with Crippen LogP contribution in [0.15, 0.2) is 18.3 Å². The number of hydrogen-bond donors (Lipinski definition) is 0. The van der Waals surface area contributed by atoms with Crippen LogP contribution in [0.2, 0.25) is 0 Å². The number of hydrogen-bond acceptors (Lipinski definition) is 4. The SMILES string of the molecule is CCN(CC)C(=O)COc1ccc(C=O)nc1. The quantitative estimate of drug-likeness (QED) is 0.695. The maximum absolute atomic E-state index is 11.6. The Morgan fingerprint density at radius 1 is 1.41 bits per heavy atom. The summed E-state index contributed by atoms with van der Waals surface area (Å²) in [5.41, 5.74) is 0.340. The zero-order valence-corrected chi connectivity index (χ0v) is 10.0. The standard InChI is InChI=1S/C12H16N2O3/c1-3-14(4-2)12(16)9-17-11-6-5-10(8-15)13-7-11/h5-8H,3-4,9H2,1-2H3. The highest BCUT2D eigenvalue weighted by Gasteiger charge is 2.09. The molecule has 0 N–H and O–H groups in total. The van der Waals surface area contributed by atoms with Gasteiger partial charge in [0, 0.05) is 13.1 Å². The summed E-state index contributed by atoms with van der Waals surface area (Å²) in [7, 11) is 0. The van der Waals surface area contributed by atoms with Crippen LogP contribution in [0.3, 0.4) is 0 Å². The molecule has 5 heteroatoms. The Morgan fingerprint density at radius 3 is 2.59 bits per heavy atom. The fourth-order valence-corrected chi connectivity index (χ4v) is 1.36. The molecule has 0 saturated carbocycles. The van der Waals surface area contributed by atoms with Crippen molar-refractivity contribution in [3.63, 3.8) is 0 Å². The fraction of sp³-hybridized carbons (Fsp3) is 0.417. The molecule has 17 heavy (non-hydrogen) atoms. The molecule has 0 spiro atoms. The smallest absolute Gasteiger partial charge is 0.260 e. The minimum Gasteiger partial charge on any atom is -0.482 e. The number of carbonyl (C=O) groups is 2. The van der Waals surface area contributed by atoms with Crippen molar-refractivity contribution in [2.24, 2.45) is 0 Å². The van der Waals surface area contributed by atoms with E-state index in [-0.39, 0.29) is 12.5 Å². The van der Waals surface area contributed by atoms with Gasteiger partial charge in [0.2, 0.25) is 0 Å². The highest BCUT2D eigenvalue weighted by molar-refractivity contribution is 5.77. The molecule has 1 aromatic rings. The summed E-state index contributed by atoms with van der Waals surface area (Å²) in [4.78, 5) is 27.5. The first kappa shape index (κ1) is 13.2. The van der Waals surface area contributed by atoms with Gasteiger partial charge in [0.05, 0.1) is 6.20 Å². The third kappa shape index (κ3) is 3.86. The Hall–Kier alpha value is -1.91. The normalized spacial score (nSPS) is 9.76. The van der Waals surface area contributed by atoms with Gasteiger partial charge in [-0.3, -0.25) is 9.59 Å². The van der Waals surface area contributed by atoms with E-state index in [1.54, 1.807) is 17.0 Å². The lowest BCUT2D eigenvalue weighted by Gasteiger charge is -2.18. The first-order chi connectivity index (χ1) is 8.21. The third-order valence-electron chi connectivity index (χ3n) is 2.36. The summed E-state index contributed by atoms with van der Waals surface area (Å²) < 4.78 is 5.28. The molecule has 0 bridgehead atoms. The van der Waals surface area contributed by atoms with E-state index in [9.17, 15) is 9.59 Å². The van der Waals surface area contributed by atoms with Crippen molar-refractivity contribution in [1.82, 2.24) is 9.88 Å². The molecule has 1 rings (SSSR count). The average molecular weight is 236 g/mol. The molecule has 0 saturated heterocycles. The van der Waals surface area contributed by atoms with E-state index in [1.807, 2.05) is 13.8 Å². The van der Waals surface area contributed by atoms with Crippen molar-refractivity contribution in [2.45, 2.75) is 13.8 Å². The molecule has 1 heterocycles. The summed E-state index contributed by atoms with van der Waals surface area (Å²) in [6, 6.07) is 3.16. The highest BCUT2D eigenvalue weighted by Crippen LogP contribution is 2.08. The van der Waals surface area contributed by atoms with Gasteiger partial charge in [-0.2, -0.15) is 0 Å². The van der Waals surface area contributed by atoms with Crippen molar-refractivity contribution < 1.29 is 14.3 Å². The second kappa shape index (κ2) is 6.62. The zero-order valence-electron chi connectivity index (χ0n) is 10.0. The molecule has 0 aromatic carbocycles. The van der Waals surface area contributed by atoms with Crippen molar-refractivity contribution in [3.8, 4) is 5.75 Å². The zero-order chi connectivity index (χ0) is 12.7. The van der Waals surface area contributed by atoms with Gasteiger partial charge in [0.25, 0.3) is 5.91 Å². The molecule has 0 unspecified atom stereocenters. The second-order valence-electron chi connectivity index (χ2n) is 3.39. The molecule has 0 atom stereocenters. The van der Waals surface area contributed by atoms with Crippen LogP contribution >= 0.6 is 0 Å². The molecule has 92 valence electrons. The predicted molar refractivity (Wildman–Crippen MR) is 63.0 cm³/mol. The molecule has 0 fully saturated rings. The van der Waals surface area contributed by atoms with Gasteiger partial charge in [-0.25, -0.2) is 4.98 Å². The molecule has 1 amide bonds. The van der Waals surface area contributed by atoms with Crippen LogP contribution in [-0.2, 0) is 4.79 Å². The van der Waals surface area contributed by atoms with Gasteiger partial charge >= 0.3 is 0 Å². The van der Waals surface area contributed by atoms with Crippen LogP contribution in [0, 0.1) is 0 Å². The summed E-state index contributed by atoms with van der Waals surface area (Å²) in [6.07, 6.45) is 2.09. The molecule has 5 nitrogen and oxygen atoms in total. The first-order valence-electron chi connectivity index (χ1n) is 5.53. The number of pyridine rings is 1. The van der Waals surface area contributed by atoms with Gasteiger partial charge in [-0.15, -0.1) is 0 Å². The molecule has 0 aliphatic carbocycles. The lowest BCUT2D eigenvalue weighted by atomic mass is 10.3. The van der Waals surface area contributed by atoms with Gasteiger partial charge in [0.15, 0.2) is 12.9 Å². The van der Waals surface area contributed by atoms with E-state index < -0.39 is 0 Å². The van der Waals surface area contributed by atoms with Gasteiger partial charge in [-0.05, 0) is 26.0 Å². The number of aldehydes is 1. The lowest BCUT2D eigenvalue weighted by molar-refractivity contribution is -0.132. The Bertz CT molecular complexity index is 372. The second-order valence-corrected chi connectivity index (χ2v) is 3.39. The number of nitrogens with zero attached hydrogens (tertiary/aromatic N) is 2. The number of carbonyl (C=O) groups excluding carboxylic acids is 2. The summed E-state index contributed by atoms with van der Waals surface area (Å²) in [5.74, 6) is 0.422. The molecule has 0 radical (unpaired) electrons. The third-order valence-corrected chi connectivity index (χ3v) is 2.36. The van der Waals surface area contributed by atoms with Crippen LogP contribution in [0.25, 0.3) is 0 Å². The van der Waals surface area contributed by atoms with E-state index >= 15 is 0 Å². The maximum atomic E-state index is 11.6. The van der Waals surface area contributed by atoms with E-state index in [0.717, 1.165) is 0 Å². The number of rotatable bonds is 6. The van der Waals surface area contributed by atoms with Crippen LogP contribution < -0.4 is 4.74 Å². The lowest BCUT2D eigenvalue weighted by Crippen LogP contribution is -2.34. The Kier molecular flexibility index (Phi) is 5.13. The van der Waals surface area contributed by atoms with Gasteiger partial charge in [-0.1, -0.05) is 0 Å². The van der Waals surface area contributed by atoms with E-state index in [2.05, 4.69) is 4.98 Å². The van der Waals surface area contributed by atoms with Crippen LogP contribution in [0.1, 0.15) is 24.3 Å². The summed E-state index contributed by atoms with van der Waals surface area (Å²) in [5, 5.41) is 0. The average Bonchev–Trinajstić information content (AvgIpc) is 2.38. The minimum atomic E-state index is -0.0607.